The summed E-state index contributed by atoms with van der Waals surface area (Å²) in [6, 6.07) is 5.97. The molecule has 0 radical (unpaired) electrons. The topological polar surface area (TPSA) is 120 Å². The van der Waals surface area contributed by atoms with Gasteiger partial charge in [-0.2, -0.15) is 9.61 Å². The number of hydrogen-bond acceptors (Lipinski definition) is 8. The van der Waals surface area contributed by atoms with E-state index in [1.54, 1.807) is 25.5 Å². The number of aromatic nitrogens is 6. The number of para-hydroxylation sites is 1. The highest BCUT2D eigenvalue weighted by Crippen LogP contribution is 2.34. The van der Waals surface area contributed by atoms with Crippen LogP contribution in [0.1, 0.15) is 58.3 Å². The molecule has 180 valence electrons. The Labute approximate surface area is 198 Å². The van der Waals surface area contributed by atoms with Crippen LogP contribution in [0.2, 0.25) is 0 Å². The van der Waals surface area contributed by atoms with Crippen molar-refractivity contribution in [2.24, 2.45) is 0 Å². The van der Waals surface area contributed by atoms with Gasteiger partial charge in [0.1, 0.15) is 11.3 Å². The maximum absolute atomic E-state index is 10.4. The average molecular weight is 465 g/mol. The minimum atomic E-state index is -0.862. The van der Waals surface area contributed by atoms with Gasteiger partial charge in [0, 0.05) is 30.1 Å². The zero-order valence-electron chi connectivity index (χ0n) is 20.3. The fraction of sp³-hybridized carbons (Fsp3) is 0.500. The van der Waals surface area contributed by atoms with Gasteiger partial charge in [-0.05, 0) is 52.7 Å². The third-order valence-electron chi connectivity index (χ3n) is 7.11. The van der Waals surface area contributed by atoms with Crippen LogP contribution in [0.4, 0.5) is 11.6 Å². The monoisotopic (exact) mass is 464 g/mol. The Morgan fingerprint density at radius 2 is 2.03 bits per heavy atom. The van der Waals surface area contributed by atoms with E-state index >= 15 is 0 Å². The Bertz CT molecular complexity index is 1340. The summed E-state index contributed by atoms with van der Waals surface area (Å²) in [6.45, 7) is 8.57. The van der Waals surface area contributed by atoms with Crippen LogP contribution in [0.15, 0.2) is 30.6 Å². The van der Waals surface area contributed by atoms with Crippen molar-refractivity contribution in [3.05, 3.63) is 36.4 Å². The second-order valence-corrected chi connectivity index (χ2v) is 9.82. The molecule has 3 aromatic heterocycles. The molecule has 4 aromatic rings. The average Bonchev–Trinajstić information content (AvgIpc) is 3.46. The first-order chi connectivity index (χ1) is 16.2. The van der Waals surface area contributed by atoms with E-state index in [-0.39, 0.29) is 17.9 Å². The Hall–Kier alpha value is -3.40. The van der Waals surface area contributed by atoms with Crippen LogP contribution in [-0.2, 0) is 0 Å². The van der Waals surface area contributed by atoms with Gasteiger partial charge in [-0.25, -0.2) is 9.97 Å². The Morgan fingerprint density at radius 3 is 2.76 bits per heavy atom. The van der Waals surface area contributed by atoms with Crippen molar-refractivity contribution < 1.29 is 9.84 Å². The molecule has 0 bridgehead atoms. The summed E-state index contributed by atoms with van der Waals surface area (Å²) in [7, 11) is 1.62. The third kappa shape index (κ3) is 3.71. The minimum absolute atomic E-state index is 0.141. The molecule has 3 N–H and O–H groups in total. The number of benzene rings is 1. The molecule has 34 heavy (non-hydrogen) atoms. The summed E-state index contributed by atoms with van der Waals surface area (Å²) in [6.07, 6.45) is 5.88. The number of rotatable bonds is 5. The zero-order valence-corrected chi connectivity index (χ0v) is 20.3. The van der Waals surface area contributed by atoms with Gasteiger partial charge in [0.05, 0.1) is 30.6 Å². The third-order valence-corrected chi connectivity index (χ3v) is 7.11. The molecule has 3 atom stereocenters. The van der Waals surface area contributed by atoms with Crippen molar-refractivity contribution in [2.75, 3.05) is 24.3 Å². The highest BCUT2D eigenvalue weighted by molar-refractivity contribution is 5.95. The standard InChI is InChI=1S/C24H32N8O2/c1-14-9-10-16(12-30(14)17-11-26-31(13-17)15(2)24(3,4)33)21-28-22-18-7-6-8-19(34-5)20(18)27-23(25)32(22)29-21/h6-8,11,13-16,33H,9-10,12H2,1-5H3,(H2,25,27)/t14-,15?,16+/m0/s1. The first-order valence-electron chi connectivity index (χ1n) is 11.7. The number of methoxy groups -OCH3 is 1. The molecular weight excluding hydrogens is 432 g/mol. The Morgan fingerprint density at radius 1 is 1.24 bits per heavy atom. The van der Waals surface area contributed by atoms with Crippen molar-refractivity contribution in [2.45, 2.75) is 64.1 Å². The first kappa shape index (κ1) is 22.4. The second-order valence-electron chi connectivity index (χ2n) is 9.82. The highest BCUT2D eigenvalue weighted by Gasteiger charge is 2.31. The highest BCUT2D eigenvalue weighted by atomic mass is 16.5. The summed E-state index contributed by atoms with van der Waals surface area (Å²) >= 11 is 0. The lowest BCUT2D eigenvalue weighted by molar-refractivity contribution is 0.0258. The molecule has 1 saturated heterocycles. The minimum Gasteiger partial charge on any atom is -0.494 e. The van der Waals surface area contributed by atoms with Crippen LogP contribution in [0.25, 0.3) is 16.6 Å². The van der Waals surface area contributed by atoms with Crippen molar-refractivity contribution in [3.8, 4) is 5.75 Å². The summed E-state index contributed by atoms with van der Waals surface area (Å²) in [5.74, 6) is 1.85. The molecule has 4 heterocycles. The van der Waals surface area contributed by atoms with Crippen molar-refractivity contribution >= 4 is 28.2 Å². The molecule has 1 fully saturated rings. The van der Waals surface area contributed by atoms with E-state index in [4.69, 9.17) is 20.6 Å². The maximum Gasteiger partial charge on any atom is 0.223 e. The fourth-order valence-electron chi connectivity index (χ4n) is 4.67. The van der Waals surface area contributed by atoms with Crippen LogP contribution < -0.4 is 15.4 Å². The number of anilines is 2. The van der Waals surface area contributed by atoms with Gasteiger partial charge in [0.15, 0.2) is 11.5 Å². The number of fused-ring (bicyclic) bond motifs is 3. The van der Waals surface area contributed by atoms with E-state index in [0.29, 0.717) is 23.0 Å². The largest absolute Gasteiger partial charge is 0.494 e. The molecule has 1 aliphatic rings. The predicted octanol–water partition coefficient (Wildman–Crippen LogP) is 3.17. The summed E-state index contributed by atoms with van der Waals surface area (Å²) in [4.78, 5) is 11.8. The molecular formula is C24H32N8O2. The Balaban J connectivity index is 1.48. The van der Waals surface area contributed by atoms with Gasteiger partial charge in [-0.3, -0.25) is 4.68 Å². The zero-order chi connectivity index (χ0) is 24.2. The molecule has 0 saturated carbocycles. The van der Waals surface area contributed by atoms with Crippen LogP contribution >= 0.6 is 0 Å². The maximum atomic E-state index is 10.4. The molecule has 0 spiro atoms. The van der Waals surface area contributed by atoms with Crippen LogP contribution in [-0.4, -0.2) is 59.8 Å². The normalized spacial score (nSPS) is 20.2. The lowest BCUT2D eigenvalue weighted by Gasteiger charge is -2.38. The van der Waals surface area contributed by atoms with Crippen molar-refractivity contribution in [1.82, 2.24) is 29.4 Å². The van der Waals surface area contributed by atoms with E-state index in [0.717, 1.165) is 36.3 Å². The molecule has 1 unspecified atom stereocenters. The second kappa shape index (κ2) is 8.12. The number of nitrogens with zero attached hydrogens (tertiary/aromatic N) is 7. The van der Waals surface area contributed by atoms with Gasteiger partial charge >= 0.3 is 0 Å². The van der Waals surface area contributed by atoms with Crippen LogP contribution in [0, 0.1) is 0 Å². The van der Waals surface area contributed by atoms with Gasteiger partial charge in [0.25, 0.3) is 0 Å². The fourth-order valence-corrected chi connectivity index (χ4v) is 4.67. The summed E-state index contributed by atoms with van der Waals surface area (Å²) in [5.41, 5.74) is 7.79. The molecule has 0 amide bonds. The first-order valence-corrected chi connectivity index (χ1v) is 11.7. The van der Waals surface area contributed by atoms with Crippen molar-refractivity contribution in [1.29, 1.82) is 0 Å². The molecule has 10 heteroatoms. The lowest BCUT2D eigenvalue weighted by Crippen LogP contribution is -2.41. The van der Waals surface area contributed by atoms with Gasteiger partial charge in [-0.15, -0.1) is 5.10 Å². The van der Waals surface area contributed by atoms with Crippen LogP contribution in [0.5, 0.6) is 5.75 Å². The molecule has 5 rings (SSSR count). The van der Waals surface area contributed by atoms with E-state index in [9.17, 15) is 5.11 Å². The van der Waals surface area contributed by atoms with Crippen molar-refractivity contribution in [3.63, 3.8) is 0 Å². The van der Waals surface area contributed by atoms with E-state index in [2.05, 4.69) is 21.9 Å². The summed E-state index contributed by atoms with van der Waals surface area (Å²) < 4.78 is 8.92. The number of nitrogens with two attached hydrogens (primary N) is 1. The molecule has 1 aromatic carbocycles. The van der Waals surface area contributed by atoms with Gasteiger partial charge < -0.3 is 20.5 Å². The number of nitrogen functional groups attached to an aromatic ring is 1. The van der Waals surface area contributed by atoms with E-state index < -0.39 is 5.60 Å². The molecule has 10 nitrogen and oxygen atoms in total. The van der Waals surface area contributed by atoms with E-state index in [1.807, 2.05) is 42.2 Å². The van der Waals surface area contributed by atoms with Crippen LogP contribution in [0.3, 0.4) is 0 Å². The Kier molecular flexibility index (Phi) is 5.35. The van der Waals surface area contributed by atoms with Gasteiger partial charge in [-0.1, -0.05) is 6.07 Å². The number of piperidine rings is 1. The number of ether oxygens (including phenoxy) is 1. The summed E-state index contributed by atoms with van der Waals surface area (Å²) in [5, 5.41) is 20.5. The smallest absolute Gasteiger partial charge is 0.223 e. The SMILES string of the molecule is COc1cccc2c1nc(N)n1nc([C@@H]3CC[C@H](C)N(c4cnn(C(C)C(C)(C)O)c4)C3)nc21. The van der Waals surface area contributed by atoms with Gasteiger partial charge in [0.2, 0.25) is 5.95 Å². The lowest BCUT2D eigenvalue weighted by atomic mass is 9.92. The number of aliphatic hydroxyl groups is 1. The number of hydrogen-bond donors (Lipinski definition) is 2. The molecule has 0 aliphatic carbocycles. The van der Waals surface area contributed by atoms with E-state index in [1.165, 1.54) is 0 Å². The quantitative estimate of drug-likeness (QED) is 0.462. The predicted molar refractivity (Wildman–Crippen MR) is 131 cm³/mol. The molecule has 1 aliphatic heterocycles.